The van der Waals surface area contributed by atoms with Gasteiger partial charge in [0, 0.05) is 11.1 Å². The highest BCUT2D eigenvalue weighted by atomic mass is 19.1. The van der Waals surface area contributed by atoms with Gasteiger partial charge >= 0.3 is 0 Å². The molecule has 0 unspecified atom stereocenters. The van der Waals surface area contributed by atoms with Crippen molar-refractivity contribution in [2.75, 3.05) is 0 Å². The predicted octanol–water partition coefficient (Wildman–Crippen LogP) is 3.92. The van der Waals surface area contributed by atoms with Crippen LogP contribution in [-0.2, 0) is 0 Å². The van der Waals surface area contributed by atoms with Crippen molar-refractivity contribution in [3.05, 3.63) is 58.9 Å². The number of hydrogen-bond donors (Lipinski definition) is 0. The summed E-state index contributed by atoms with van der Waals surface area (Å²) in [6.45, 7) is 4.02. The number of benzene rings is 2. The minimum absolute atomic E-state index is 0.357. The smallest absolute Gasteiger partial charge is 0.150 e. The Morgan fingerprint density at radius 1 is 1.00 bits per heavy atom. The van der Waals surface area contributed by atoms with Crippen LogP contribution in [0.3, 0.4) is 0 Å². The van der Waals surface area contributed by atoms with E-state index < -0.39 is 0 Å². The third-order valence-electron chi connectivity index (χ3n) is 2.95. The van der Waals surface area contributed by atoms with Gasteiger partial charge in [0.15, 0.2) is 0 Å². The number of halogens is 1. The molecule has 17 heavy (non-hydrogen) atoms. The van der Waals surface area contributed by atoms with E-state index in [-0.39, 0.29) is 5.82 Å². The Kier molecular flexibility index (Phi) is 3.05. The van der Waals surface area contributed by atoms with E-state index in [0.717, 1.165) is 11.1 Å². The van der Waals surface area contributed by atoms with Gasteiger partial charge in [-0.15, -0.1) is 0 Å². The van der Waals surface area contributed by atoms with Gasteiger partial charge in [0.1, 0.15) is 12.1 Å². The molecule has 2 rings (SSSR count). The molecule has 0 amide bonds. The maximum absolute atomic E-state index is 13.8. The van der Waals surface area contributed by atoms with E-state index in [1.807, 2.05) is 32.0 Å². The van der Waals surface area contributed by atoms with Gasteiger partial charge in [-0.2, -0.15) is 0 Å². The normalized spacial score (nSPS) is 10.3. The van der Waals surface area contributed by atoms with E-state index in [4.69, 9.17) is 0 Å². The molecule has 0 bridgehead atoms. The lowest BCUT2D eigenvalue weighted by Crippen LogP contribution is -1.89. The molecule has 0 N–H and O–H groups in total. The zero-order chi connectivity index (χ0) is 12.4. The molecule has 0 aliphatic heterocycles. The number of carbonyl (C=O) groups is 1. The lowest BCUT2D eigenvalue weighted by atomic mass is 9.99. The quantitative estimate of drug-likeness (QED) is 0.712. The Bertz CT molecular complexity index is 573. The molecule has 2 heteroatoms. The Morgan fingerprint density at radius 2 is 1.76 bits per heavy atom. The average Bonchev–Trinajstić information content (AvgIpc) is 2.32. The first kappa shape index (κ1) is 11.5. The maximum atomic E-state index is 13.8. The van der Waals surface area contributed by atoms with Crippen LogP contribution in [0.4, 0.5) is 4.39 Å². The summed E-state index contributed by atoms with van der Waals surface area (Å²) in [6.07, 6.45) is 0.646. The van der Waals surface area contributed by atoms with Crippen LogP contribution < -0.4 is 0 Å². The summed E-state index contributed by atoms with van der Waals surface area (Å²) < 4.78 is 13.8. The fraction of sp³-hybridized carbons (Fsp3) is 0.133. The van der Waals surface area contributed by atoms with Gasteiger partial charge in [0.25, 0.3) is 0 Å². The molecule has 0 saturated heterocycles. The van der Waals surface area contributed by atoms with E-state index in [1.54, 1.807) is 12.1 Å². The molecule has 0 radical (unpaired) electrons. The summed E-state index contributed by atoms with van der Waals surface area (Å²) in [5.41, 5.74) is 4.02. The molecule has 0 aliphatic carbocycles. The summed E-state index contributed by atoms with van der Waals surface area (Å²) in [4.78, 5) is 10.5. The molecule has 86 valence electrons. The molecule has 0 atom stereocenters. The topological polar surface area (TPSA) is 17.1 Å². The van der Waals surface area contributed by atoms with Crippen molar-refractivity contribution in [2.24, 2.45) is 0 Å². The largest absolute Gasteiger partial charge is 0.298 e. The number of rotatable bonds is 2. The molecule has 0 aliphatic rings. The molecular formula is C15H13FO. The summed E-state index contributed by atoms with van der Waals surface area (Å²) in [6, 6.07) is 10.3. The average molecular weight is 228 g/mol. The lowest BCUT2D eigenvalue weighted by Gasteiger charge is -2.07. The Hall–Kier alpha value is -1.96. The zero-order valence-corrected chi connectivity index (χ0v) is 9.83. The van der Waals surface area contributed by atoms with Gasteiger partial charge in [-0.05, 0) is 36.6 Å². The minimum Gasteiger partial charge on any atom is -0.298 e. The Labute approximate surface area is 99.9 Å². The highest BCUT2D eigenvalue weighted by molar-refractivity contribution is 5.77. The van der Waals surface area contributed by atoms with Crippen LogP contribution in [0.15, 0.2) is 36.4 Å². The second kappa shape index (κ2) is 4.50. The third kappa shape index (κ3) is 2.26. The van der Waals surface area contributed by atoms with E-state index in [9.17, 15) is 9.18 Å². The highest BCUT2D eigenvalue weighted by Crippen LogP contribution is 2.25. The molecule has 0 heterocycles. The fourth-order valence-electron chi connectivity index (χ4n) is 1.75. The number of hydrogen-bond acceptors (Lipinski definition) is 1. The van der Waals surface area contributed by atoms with E-state index in [1.165, 1.54) is 11.6 Å². The van der Waals surface area contributed by atoms with E-state index >= 15 is 0 Å². The van der Waals surface area contributed by atoms with Crippen LogP contribution in [0.2, 0.25) is 0 Å². The first-order valence-corrected chi connectivity index (χ1v) is 5.44. The van der Waals surface area contributed by atoms with Crippen LogP contribution in [0.1, 0.15) is 21.5 Å². The first-order valence-electron chi connectivity index (χ1n) is 5.44. The van der Waals surface area contributed by atoms with E-state index in [0.29, 0.717) is 17.4 Å². The minimum atomic E-state index is -0.363. The van der Waals surface area contributed by atoms with Crippen LogP contribution in [0.5, 0.6) is 0 Å². The molecule has 1 nitrogen and oxygen atoms in total. The molecule has 0 fully saturated rings. The van der Waals surface area contributed by atoms with Crippen molar-refractivity contribution < 1.29 is 9.18 Å². The van der Waals surface area contributed by atoms with Crippen molar-refractivity contribution in [3.63, 3.8) is 0 Å². The Balaban J connectivity index is 2.52. The van der Waals surface area contributed by atoms with Gasteiger partial charge in [-0.1, -0.05) is 30.3 Å². The van der Waals surface area contributed by atoms with Gasteiger partial charge in [0.2, 0.25) is 0 Å². The van der Waals surface area contributed by atoms with Gasteiger partial charge in [-0.3, -0.25) is 4.79 Å². The van der Waals surface area contributed by atoms with Crippen LogP contribution in [-0.4, -0.2) is 6.29 Å². The summed E-state index contributed by atoms with van der Waals surface area (Å²) in [5.74, 6) is -0.363. The van der Waals surface area contributed by atoms with Gasteiger partial charge < -0.3 is 0 Å². The first-order chi connectivity index (χ1) is 8.11. The number of aldehydes is 1. The second-order valence-corrected chi connectivity index (χ2v) is 4.16. The summed E-state index contributed by atoms with van der Waals surface area (Å²) >= 11 is 0. The Morgan fingerprint density at radius 3 is 2.35 bits per heavy atom. The van der Waals surface area contributed by atoms with Crippen LogP contribution in [0.25, 0.3) is 11.1 Å². The van der Waals surface area contributed by atoms with E-state index in [2.05, 4.69) is 0 Å². The fourth-order valence-corrected chi connectivity index (χ4v) is 1.75. The highest BCUT2D eigenvalue weighted by Gasteiger charge is 2.06. The summed E-state index contributed by atoms with van der Waals surface area (Å²) in [5, 5.41) is 0. The molecular weight excluding hydrogens is 215 g/mol. The van der Waals surface area contributed by atoms with Crippen molar-refractivity contribution >= 4 is 6.29 Å². The molecule has 2 aromatic carbocycles. The molecule has 0 saturated carbocycles. The standard InChI is InChI=1S/C15H13FO/c1-10-3-5-13(7-11(10)2)14-6-4-12(9-17)8-15(14)16/h3-9H,1-2H3. The predicted molar refractivity (Wildman–Crippen MR) is 66.7 cm³/mol. The molecule has 2 aromatic rings. The van der Waals surface area contributed by atoms with Crippen LogP contribution >= 0.6 is 0 Å². The van der Waals surface area contributed by atoms with Crippen molar-refractivity contribution in [2.45, 2.75) is 13.8 Å². The number of carbonyl (C=O) groups excluding carboxylic acids is 1. The van der Waals surface area contributed by atoms with Crippen molar-refractivity contribution in [3.8, 4) is 11.1 Å². The second-order valence-electron chi connectivity index (χ2n) is 4.16. The lowest BCUT2D eigenvalue weighted by molar-refractivity contribution is 0.112. The van der Waals surface area contributed by atoms with Crippen molar-refractivity contribution in [1.29, 1.82) is 0 Å². The van der Waals surface area contributed by atoms with Gasteiger partial charge in [-0.25, -0.2) is 4.39 Å². The molecule has 0 aromatic heterocycles. The molecule has 0 spiro atoms. The monoisotopic (exact) mass is 228 g/mol. The zero-order valence-electron chi connectivity index (χ0n) is 9.83. The van der Waals surface area contributed by atoms with Crippen LogP contribution in [0, 0.1) is 19.7 Å². The third-order valence-corrected chi connectivity index (χ3v) is 2.95. The number of aryl methyl sites for hydroxylation is 2. The van der Waals surface area contributed by atoms with Crippen molar-refractivity contribution in [1.82, 2.24) is 0 Å². The summed E-state index contributed by atoms with van der Waals surface area (Å²) in [7, 11) is 0. The van der Waals surface area contributed by atoms with Gasteiger partial charge in [0.05, 0.1) is 0 Å². The maximum Gasteiger partial charge on any atom is 0.150 e. The SMILES string of the molecule is Cc1ccc(-c2ccc(C=O)cc2F)cc1C.